The van der Waals surface area contributed by atoms with Gasteiger partial charge < -0.3 is 4.90 Å². The van der Waals surface area contributed by atoms with Crippen LogP contribution in [0.15, 0.2) is 48.5 Å². The number of amides is 1. The van der Waals surface area contributed by atoms with E-state index in [9.17, 15) is 9.18 Å². The minimum absolute atomic E-state index is 0.0666. The Labute approximate surface area is 199 Å². The minimum Gasteiger partial charge on any atom is -0.330 e. The molecular weight excluding hydrogens is 439 g/mol. The molecule has 0 saturated heterocycles. The van der Waals surface area contributed by atoms with Gasteiger partial charge in [0.15, 0.2) is 0 Å². The Bertz CT molecular complexity index is 1140. The molecule has 2 aromatic carbocycles. The van der Waals surface area contributed by atoms with Crippen LogP contribution in [0.3, 0.4) is 0 Å². The molecule has 1 aromatic heterocycles. The van der Waals surface area contributed by atoms with Crippen LogP contribution in [0, 0.1) is 5.82 Å². The summed E-state index contributed by atoms with van der Waals surface area (Å²) in [6.45, 7) is 9.30. The molecule has 2 heterocycles. The van der Waals surface area contributed by atoms with Crippen molar-refractivity contribution < 1.29 is 9.18 Å². The van der Waals surface area contributed by atoms with E-state index in [1.165, 1.54) is 23.4 Å². The van der Waals surface area contributed by atoms with Gasteiger partial charge in [-0.2, -0.15) is 5.10 Å². The summed E-state index contributed by atoms with van der Waals surface area (Å²) < 4.78 is 15.8. The molecular formula is C26H30ClFN4O. The van der Waals surface area contributed by atoms with Crippen LogP contribution in [-0.2, 0) is 19.5 Å². The minimum atomic E-state index is -0.414. The van der Waals surface area contributed by atoms with E-state index < -0.39 is 5.82 Å². The molecule has 4 rings (SSSR count). The number of rotatable bonds is 7. The summed E-state index contributed by atoms with van der Waals surface area (Å²) in [5, 5.41) is 5.64. The molecule has 1 aliphatic rings. The largest absolute Gasteiger partial charge is 0.330 e. The van der Waals surface area contributed by atoms with Crippen molar-refractivity contribution in [1.29, 1.82) is 0 Å². The van der Waals surface area contributed by atoms with Gasteiger partial charge in [0.25, 0.3) is 5.91 Å². The first kappa shape index (κ1) is 23.5. The third kappa shape index (κ3) is 5.12. The Morgan fingerprint density at radius 1 is 1.21 bits per heavy atom. The van der Waals surface area contributed by atoms with E-state index in [1.807, 2.05) is 42.8 Å². The second-order valence-corrected chi connectivity index (χ2v) is 9.26. The molecule has 0 saturated carbocycles. The van der Waals surface area contributed by atoms with Crippen LogP contribution in [0.5, 0.6) is 0 Å². The van der Waals surface area contributed by atoms with Crippen molar-refractivity contribution in [2.45, 2.75) is 52.7 Å². The highest BCUT2D eigenvalue weighted by molar-refractivity contribution is 6.30. The fourth-order valence-corrected chi connectivity index (χ4v) is 4.62. The van der Waals surface area contributed by atoms with Gasteiger partial charge in [-0.05, 0) is 63.2 Å². The summed E-state index contributed by atoms with van der Waals surface area (Å²) in [4.78, 5) is 17.5. The molecule has 0 atom stereocenters. The molecule has 5 nitrogen and oxygen atoms in total. The number of benzene rings is 2. The molecule has 33 heavy (non-hydrogen) atoms. The third-order valence-corrected chi connectivity index (χ3v) is 6.32. The zero-order valence-electron chi connectivity index (χ0n) is 19.4. The van der Waals surface area contributed by atoms with Crippen LogP contribution in [0.2, 0.25) is 5.02 Å². The van der Waals surface area contributed by atoms with E-state index >= 15 is 0 Å². The standard InChI is InChI=1S/C26H30ClFN4O/c1-4-12-30-13-11-25-23(16-30)24(29-32(25)22-10-6-8-20(27)15-22)17-31(18(2)3)26(33)19-7-5-9-21(28)14-19/h5-10,14-15,18H,4,11-13,16-17H2,1-3H3. The molecule has 174 valence electrons. The van der Waals surface area contributed by atoms with Crippen LogP contribution in [-0.4, -0.2) is 44.6 Å². The first-order valence-corrected chi connectivity index (χ1v) is 11.9. The fourth-order valence-electron chi connectivity index (χ4n) is 4.43. The molecule has 1 aliphatic heterocycles. The lowest BCUT2D eigenvalue weighted by Gasteiger charge is -2.29. The molecule has 7 heteroatoms. The lowest BCUT2D eigenvalue weighted by molar-refractivity contribution is 0.0686. The van der Waals surface area contributed by atoms with Gasteiger partial charge in [0.05, 0.1) is 23.6 Å². The van der Waals surface area contributed by atoms with Crippen LogP contribution in [0.4, 0.5) is 4.39 Å². The Morgan fingerprint density at radius 3 is 2.70 bits per heavy atom. The predicted octanol–water partition coefficient (Wildman–Crippen LogP) is 5.48. The molecule has 0 N–H and O–H groups in total. The average Bonchev–Trinajstić information content (AvgIpc) is 3.15. The van der Waals surface area contributed by atoms with Crippen molar-refractivity contribution >= 4 is 17.5 Å². The van der Waals surface area contributed by atoms with E-state index in [1.54, 1.807) is 17.0 Å². The second kappa shape index (κ2) is 10.1. The number of hydrogen-bond acceptors (Lipinski definition) is 3. The lowest BCUT2D eigenvalue weighted by Crippen LogP contribution is -2.37. The highest BCUT2D eigenvalue weighted by Crippen LogP contribution is 2.28. The van der Waals surface area contributed by atoms with E-state index in [-0.39, 0.29) is 11.9 Å². The highest BCUT2D eigenvalue weighted by atomic mass is 35.5. The Hall–Kier alpha value is -2.70. The van der Waals surface area contributed by atoms with E-state index in [0.29, 0.717) is 17.1 Å². The van der Waals surface area contributed by atoms with Crippen molar-refractivity contribution in [3.8, 4) is 5.69 Å². The Morgan fingerprint density at radius 2 is 2.00 bits per heavy atom. The van der Waals surface area contributed by atoms with Gasteiger partial charge in [0, 0.05) is 41.7 Å². The van der Waals surface area contributed by atoms with Gasteiger partial charge in [-0.1, -0.05) is 30.7 Å². The molecule has 0 radical (unpaired) electrons. The third-order valence-electron chi connectivity index (χ3n) is 6.09. The van der Waals surface area contributed by atoms with Crippen molar-refractivity contribution in [3.63, 3.8) is 0 Å². The molecule has 0 aliphatic carbocycles. The monoisotopic (exact) mass is 468 g/mol. The number of nitrogens with zero attached hydrogens (tertiary/aromatic N) is 4. The van der Waals surface area contributed by atoms with Crippen LogP contribution in [0.25, 0.3) is 5.69 Å². The average molecular weight is 469 g/mol. The molecule has 1 amide bonds. The van der Waals surface area contributed by atoms with E-state index in [2.05, 4.69) is 11.8 Å². The fraction of sp³-hybridized carbons (Fsp3) is 0.385. The van der Waals surface area contributed by atoms with E-state index in [4.69, 9.17) is 16.7 Å². The van der Waals surface area contributed by atoms with Gasteiger partial charge in [-0.15, -0.1) is 0 Å². The maximum Gasteiger partial charge on any atom is 0.254 e. The molecule has 3 aromatic rings. The first-order valence-electron chi connectivity index (χ1n) is 11.5. The number of carbonyl (C=O) groups is 1. The number of carbonyl (C=O) groups excluding carboxylic acids is 1. The summed E-state index contributed by atoms with van der Waals surface area (Å²) in [5.41, 5.74) is 4.49. The van der Waals surface area contributed by atoms with Gasteiger partial charge in [-0.3, -0.25) is 9.69 Å². The van der Waals surface area contributed by atoms with Crippen molar-refractivity contribution in [2.75, 3.05) is 13.1 Å². The van der Waals surface area contributed by atoms with Gasteiger partial charge in [0.2, 0.25) is 0 Å². The number of aromatic nitrogens is 2. The van der Waals surface area contributed by atoms with Gasteiger partial charge in [0.1, 0.15) is 5.82 Å². The predicted molar refractivity (Wildman–Crippen MR) is 129 cm³/mol. The van der Waals surface area contributed by atoms with Gasteiger partial charge in [-0.25, -0.2) is 9.07 Å². The number of halogens is 2. The van der Waals surface area contributed by atoms with Crippen LogP contribution >= 0.6 is 11.6 Å². The summed E-state index contributed by atoms with van der Waals surface area (Å²) in [7, 11) is 0. The smallest absolute Gasteiger partial charge is 0.254 e. The SMILES string of the molecule is CCCN1CCc2c(c(CN(C(=O)c3cccc(F)c3)C(C)C)nn2-c2cccc(Cl)c2)C1. The molecule has 0 bridgehead atoms. The maximum absolute atomic E-state index is 13.8. The van der Waals surface area contributed by atoms with E-state index in [0.717, 1.165) is 43.9 Å². The number of fused-ring (bicyclic) bond motifs is 1. The highest BCUT2D eigenvalue weighted by Gasteiger charge is 2.28. The maximum atomic E-state index is 13.8. The van der Waals surface area contributed by atoms with Crippen LogP contribution in [0.1, 0.15) is 54.5 Å². The summed E-state index contributed by atoms with van der Waals surface area (Å²) in [5.74, 6) is -0.612. The topological polar surface area (TPSA) is 41.4 Å². The zero-order chi connectivity index (χ0) is 23.5. The Kier molecular flexibility index (Phi) is 7.15. The van der Waals surface area contributed by atoms with Crippen molar-refractivity contribution in [3.05, 3.63) is 81.9 Å². The quantitative estimate of drug-likeness (QED) is 0.460. The molecule has 0 unspecified atom stereocenters. The normalized spacial score (nSPS) is 13.9. The Balaban J connectivity index is 1.73. The van der Waals surface area contributed by atoms with Crippen molar-refractivity contribution in [1.82, 2.24) is 19.6 Å². The first-order chi connectivity index (χ1) is 15.9. The lowest BCUT2D eigenvalue weighted by atomic mass is 10.0. The van der Waals surface area contributed by atoms with Crippen molar-refractivity contribution in [2.24, 2.45) is 0 Å². The molecule has 0 spiro atoms. The van der Waals surface area contributed by atoms with Crippen LogP contribution < -0.4 is 0 Å². The second-order valence-electron chi connectivity index (χ2n) is 8.83. The molecule has 0 fully saturated rings. The summed E-state index contributed by atoms with van der Waals surface area (Å²) in [6.07, 6.45) is 1.97. The van der Waals surface area contributed by atoms with Gasteiger partial charge >= 0.3 is 0 Å². The summed E-state index contributed by atoms with van der Waals surface area (Å²) in [6, 6.07) is 13.5. The zero-order valence-corrected chi connectivity index (χ0v) is 20.1. The summed E-state index contributed by atoms with van der Waals surface area (Å²) >= 11 is 6.26. The number of hydrogen-bond donors (Lipinski definition) is 0.